The van der Waals surface area contributed by atoms with Gasteiger partial charge >= 0.3 is 0 Å². The molecule has 94 valence electrons. The van der Waals surface area contributed by atoms with Crippen LogP contribution in [0, 0.1) is 0 Å². The maximum Gasteiger partial charge on any atom is 0.277 e. The van der Waals surface area contributed by atoms with E-state index in [9.17, 15) is 4.79 Å². The number of hydrogen-bond acceptors (Lipinski definition) is 3. The van der Waals surface area contributed by atoms with Crippen molar-refractivity contribution in [2.45, 2.75) is 6.54 Å². The maximum absolute atomic E-state index is 11.9. The van der Waals surface area contributed by atoms with E-state index >= 15 is 0 Å². The Hall–Kier alpha value is -2.07. The van der Waals surface area contributed by atoms with Crippen LogP contribution in [0.15, 0.2) is 54.0 Å². The third-order valence-corrected chi connectivity index (χ3v) is 2.42. The molecule has 0 bridgehead atoms. The van der Waals surface area contributed by atoms with Gasteiger partial charge in [-0.25, -0.2) is 4.98 Å². The standard InChI is InChI=1S/C13H13N3O.ClH/c1-2-8-16-12(10-6-4-3-5-7-10)15-9-11(14)13(16)17;/h2-7,9H,1,8,14H2;1H. The van der Waals surface area contributed by atoms with Crippen molar-refractivity contribution in [2.24, 2.45) is 0 Å². The number of halogens is 1. The summed E-state index contributed by atoms with van der Waals surface area (Å²) in [5.74, 6) is 0.602. The summed E-state index contributed by atoms with van der Waals surface area (Å²) in [6.07, 6.45) is 3.04. The molecule has 1 aromatic heterocycles. The molecular weight excluding hydrogens is 250 g/mol. The van der Waals surface area contributed by atoms with E-state index in [-0.39, 0.29) is 23.7 Å². The Morgan fingerprint density at radius 3 is 2.61 bits per heavy atom. The average molecular weight is 264 g/mol. The van der Waals surface area contributed by atoms with Gasteiger partial charge in [-0.05, 0) is 0 Å². The summed E-state index contributed by atoms with van der Waals surface area (Å²) in [4.78, 5) is 16.1. The van der Waals surface area contributed by atoms with Crippen molar-refractivity contribution in [1.29, 1.82) is 0 Å². The minimum Gasteiger partial charge on any atom is -0.393 e. The van der Waals surface area contributed by atoms with Gasteiger partial charge in [0.15, 0.2) is 0 Å². The predicted octanol–water partition coefficient (Wildman–Crippen LogP) is 2.10. The van der Waals surface area contributed by atoms with Crippen LogP contribution < -0.4 is 11.3 Å². The SMILES string of the molecule is C=CCn1c(-c2ccccc2)ncc(N)c1=O.Cl. The van der Waals surface area contributed by atoms with Gasteiger partial charge in [-0.2, -0.15) is 0 Å². The van der Waals surface area contributed by atoms with Crippen molar-refractivity contribution in [3.05, 3.63) is 59.5 Å². The molecule has 0 aliphatic carbocycles. The Bertz CT molecular complexity index is 593. The number of nitrogens with zero attached hydrogens (tertiary/aromatic N) is 2. The van der Waals surface area contributed by atoms with Crippen LogP contribution in [0.2, 0.25) is 0 Å². The van der Waals surface area contributed by atoms with E-state index in [2.05, 4.69) is 11.6 Å². The molecule has 0 fully saturated rings. The zero-order valence-corrected chi connectivity index (χ0v) is 10.6. The zero-order chi connectivity index (χ0) is 12.3. The van der Waals surface area contributed by atoms with Gasteiger partial charge in [0.2, 0.25) is 0 Å². The lowest BCUT2D eigenvalue weighted by Gasteiger charge is -2.10. The first-order valence-corrected chi connectivity index (χ1v) is 5.25. The van der Waals surface area contributed by atoms with Gasteiger partial charge < -0.3 is 5.73 Å². The van der Waals surface area contributed by atoms with Crippen molar-refractivity contribution < 1.29 is 0 Å². The van der Waals surface area contributed by atoms with Gasteiger partial charge in [-0.15, -0.1) is 19.0 Å². The van der Waals surface area contributed by atoms with Crippen LogP contribution in [0.3, 0.4) is 0 Å². The van der Waals surface area contributed by atoms with Crippen molar-refractivity contribution in [2.75, 3.05) is 5.73 Å². The van der Waals surface area contributed by atoms with Gasteiger partial charge in [0.1, 0.15) is 11.5 Å². The topological polar surface area (TPSA) is 60.9 Å². The molecule has 0 saturated carbocycles. The molecule has 5 heteroatoms. The zero-order valence-electron chi connectivity index (χ0n) is 9.74. The monoisotopic (exact) mass is 263 g/mol. The number of aromatic nitrogens is 2. The van der Waals surface area contributed by atoms with Crippen molar-refractivity contribution in [1.82, 2.24) is 9.55 Å². The fraction of sp³-hybridized carbons (Fsp3) is 0.0769. The molecule has 0 aliphatic rings. The Labute approximate surface area is 111 Å². The number of nitrogens with two attached hydrogens (primary N) is 1. The fourth-order valence-corrected chi connectivity index (χ4v) is 1.62. The molecule has 0 amide bonds. The van der Waals surface area contributed by atoms with E-state index < -0.39 is 0 Å². The number of allylic oxidation sites excluding steroid dienone is 1. The van der Waals surface area contributed by atoms with E-state index in [4.69, 9.17) is 5.73 Å². The highest BCUT2D eigenvalue weighted by atomic mass is 35.5. The summed E-state index contributed by atoms with van der Waals surface area (Å²) in [6, 6.07) is 9.51. The molecule has 1 heterocycles. The second-order valence-corrected chi connectivity index (χ2v) is 3.61. The van der Waals surface area contributed by atoms with Gasteiger partial charge in [0.05, 0.1) is 6.20 Å². The van der Waals surface area contributed by atoms with Crippen molar-refractivity contribution in [3.63, 3.8) is 0 Å². The molecule has 18 heavy (non-hydrogen) atoms. The highest BCUT2D eigenvalue weighted by molar-refractivity contribution is 5.85. The van der Waals surface area contributed by atoms with Gasteiger partial charge in [0.25, 0.3) is 5.56 Å². The van der Waals surface area contributed by atoms with Gasteiger partial charge in [-0.3, -0.25) is 9.36 Å². The van der Waals surface area contributed by atoms with Crippen molar-refractivity contribution in [3.8, 4) is 11.4 Å². The second kappa shape index (κ2) is 6.02. The maximum atomic E-state index is 11.9. The Balaban J connectivity index is 0.00000162. The van der Waals surface area contributed by atoms with Crippen LogP contribution in [-0.2, 0) is 6.54 Å². The van der Waals surface area contributed by atoms with E-state index in [1.807, 2.05) is 30.3 Å². The van der Waals surface area contributed by atoms with Crippen LogP contribution in [-0.4, -0.2) is 9.55 Å². The van der Waals surface area contributed by atoms with Crippen LogP contribution in [0.4, 0.5) is 5.69 Å². The largest absolute Gasteiger partial charge is 0.393 e. The lowest BCUT2D eigenvalue weighted by molar-refractivity contribution is 0.770. The normalized spacial score (nSPS) is 9.56. The lowest BCUT2D eigenvalue weighted by atomic mass is 10.2. The van der Waals surface area contributed by atoms with Gasteiger partial charge in [-0.1, -0.05) is 36.4 Å². The lowest BCUT2D eigenvalue weighted by Crippen LogP contribution is -2.24. The first kappa shape index (κ1) is 14.0. The van der Waals surface area contributed by atoms with E-state index in [1.165, 1.54) is 10.8 Å². The van der Waals surface area contributed by atoms with Gasteiger partial charge in [0, 0.05) is 12.1 Å². The number of benzene rings is 1. The molecule has 0 atom stereocenters. The van der Waals surface area contributed by atoms with E-state index in [0.29, 0.717) is 12.4 Å². The number of hydrogen-bond donors (Lipinski definition) is 1. The minimum atomic E-state index is -0.237. The summed E-state index contributed by atoms with van der Waals surface area (Å²) in [5, 5.41) is 0. The Kier molecular flexibility index (Phi) is 4.68. The summed E-state index contributed by atoms with van der Waals surface area (Å²) < 4.78 is 1.51. The molecular formula is C13H14ClN3O. The molecule has 4 nitrogen and oxygen atoms in total. The number of nitrogen functional groups attached to an aromatic ring is 1. The summed E-state index contributed by atoms with van der Waals surface area (Å²) in [5.41, 5.74) is 6.36. The quantitative estimate of drug-likeness (QED) is 0.863. The summed E-state index contributed by atoms with van der Waals surface area (Å²) >= 11 is 0. The third-order valence-electron chi connectivity index (χ3n) is 2.42. The molecule has 0 radical (unpaired) electrons. The summed E-state index contributed by atoms with van der Waals surface area (Å²) in [6.45, 7) is 4.02. The predicted molar refractivity (Wildman–Crippen MR) is 75.8 cm³/mol. The first-order valence-electron chi connectivity index (χ1n) is 5.25. The molecule has 0 unspecified atom stereocenters. The van der Waals surface area contributed by atoms with Crippen LogP contribution in [0.25, 0.3) is 11.4 Å². The average Bonchev–Trinajstić information content (AvgIpc) is 2.36. The minimum absolute atomic E-state index is 0. The second-order valence-electron chi connectivity index (χ2n) is 3.61. The van der Waals surface area contributed by atoms with Crippen LogP contribution >= 0.6 is 12.4 Å². The molecule has 2 N–H and O–H groups in total. The third kappa shape index (κ3) is 2.60. The smallest absolute Gasteiger partial charge is 0.277 e. The number of anilines is 1. The Morgan fingerprint density at radius 2 is 2.00 bits per heavy atom. The molecule has 1 aromatic carbocycles. The number of rotatable bonds is 3. The fourth-order valence-electron chi connectivity index (χ4n) is 1.62. The molecule has 2 aromatic rings. The Morgan fingerprint density at radius 1 is 1.33 bits per heavy atom. The summed E-state index contributed by atoms with van der Waals surface area (Å²) in [7, 11) is 0. The molecule has 0 aliphatic heterocycles. The van der Waals surface area contributed by atoms with Crippen molar-refractivity contribution >= 4 is 18.1 Å². The molecule has 2 rings (SSSR count). The van der Waals surface area contributed by atoms with Crippen LogP contribution in [0.5, 0.6) is 0 Å². The van der Waals surface area contributed by atoms with E-state index in [0.717, 1.165) is 5.56 Å². The molecule has 0 saturated heterocycles. The highest BCUT2D eigenvalue weighted by Crippen LogP contribution is 2.15. The molecule has 0 spiro atoms. The highest BCUT2D eigenvalue weighted by Gasteiger charge is 2.08. The van der Waals surface area contributed by atoms with E-state index in [1.54, 1.807) is 6.08 Å². The first-order chi connectivity index (χ1) is 8.24. The van der Waals surface area contributed by atoms with Crippen LogP contribution in [0.1, 0.15) is 0 Å².